The predicted octanol–water partition coefficient (Wildman–Crippen LogP) is 2.28. The molecule has 0 aliphatic rings. The van der Waals surface area contributed by atoms with Gasteiger partial charge in [0.05, 0.1) is 23.9 Å². The van der Waals surface area contributed by atoms with Crippen molar-refractivity contribution in [1.82, 2.24) is 0 Å². The minimum Gasteiger partial charge on any atom is -0.493 e. The maximum Gasteiger partial charge on any atom is 0.183 e. The van der Waals surface area contributed by atoms with E-state index in [0.29, 0.717) is 11.5 Å². The zero-order valence-electron chi connectivity index (χ0n) is 10.8. The normalized spacial score (nSPS) is 12.3. The summed E-state index contributed by atoms with van der Waals surface area (Å²) in [4.78, 5) is 0.239. The number of sulfone groups is 1. The van der Waals surface area contributed by atoms with Crippen LogP contribution in [0.2, 0.25) is 0 Å². The summed E-state index contributed by atoms with van der Waals surface area (Å²) in [6.07, 6.45) is 0. The first-order chi connectivity index (χ1) is 7.74. The lowest BCUT2D eigenvalue weighted by molar-refractivity contribution is 0.354. The monoisotopic (exact) mass is 258 g/mol. The van der Waals surface area contributed by atoms with E-state index in [9.17, 15) is 8.42 Å². The molecule has 0 spiro atoms. The number of methoxy groups -OCH3 is 2. The van der Waals surface area contributed by atoms with Gasteiger partial charge in [-0.15, -0.1) is 0 Å². The van der Waals surface area contributed by atoms with Gasteiger partial charge in [0.1, 0.15) is 0 Å². The third-order valence-electron chi connectivity index (χ3n) is 2.47. The Morgan fingerprint density at radius 1 is 1.00 bits per heavy atom. The molecule has 96 valence electrons. The van der Waals surface area contributed by atoms with Gasteiger partial charge in [-0.3, -0.25) is 0 Å². The van der Waals surface area contributed by atoms with Crippen LogP contribution in [-0.4, -0.2) is 27.4 Å². The number of rotatable bonds is 3. The highest BCUT2D eigenvalue weighted by atomic mass is 32.2. The van der Waals surface area contributed by atoms with Crippen molar-refractivity contribution in [2.24, 2.45) is 0 Å². The van der Waals surface area contributed by atoms with Crippen molar-refractivity contribution in [2.45, 2.75) is 30.4 Å². The van der Waals surface area contributed by atoms with Gasteiger partial charge in [-0.1, -0.05) is 0 Å². The summed E-state index contributed by atoms with van der Waals surface area (Å²) in [6.45, 7) is 5.00. The molecule has 5 heteroatoms. The van der Waals surface area contributed by atoms with Crippen molar-refractivity contribution in [1.29, 1.82) is 0 Å². The summed E-state index contributed by atoms with van der Waals surface area (Å²) in [5.41, 5.74) is 0. The molecule has 0 N–H and O–H groups in total. The first-order valence-corrected chi connectivity index (χ1v) is 6.69. The van der Waals surface area contributed by atoms with Crippen molar-refractivity contribution in [3.63, 3.8) is 0 Å². The van der Waals surface area contributed by atoms with Gasteiger partial charge in [0, 0.05) is 6.07 Å². The highest BCUT2D eigenvalue weighted by molar-refractivity contribution is 7.92. The van der Waals surface area contributed by atoms with Crippen molar-refractivity contribution < 1.29 is 17.9 Å². The Morgan fingerprint density at radius 3 is 1.94 bits per heavy atom. The van der Waals surface area contributed by atoms with Gasteiger partial charge >= 0.3 is 0 Å². The molecule has 4 nitrogen and oxygen atoms in total. The fourth-order valence-electron chi connectivity index (χ4n) is 1.34. The Kier molecular flexibility index (Phi) is 3.71. The van der Waals surface area contributed by atoms with E-state index >= 15 is 0 Å². The lowest BCUT2D eigenvalue weighted by atomic mass is 10.3. The molecule has 0 radical (unpaired) electrons. The third kappa shape index (κ3) is 2.54. The summed E-state index contributed by atoms with van der Waals surface area (Å²) in [7, 11) is -0.382. The molecule has 0 aliphatic heterocycles. The quantitative estimate of drug-likeness (QED) is 0.834. The van der Waals surface area contributed by atoms with Gasteiger partial charge in [0.15, 0.2) is 21.3 Å². The highest BCUT2D eigenvalue weighted by Gasteiger charge is 2.31. The second-order valence-corrected chi connectivity index (χ2v) is 7.34. The van der Waals surface area contributed by atoms with Crippen LogP contribution in [0, 0.1) is 0 Å². The molecule has 0 aromatic heterocycles. The third-order valence-corrected chi connectivity index (χ3v) is 4.96. The van der Waals surface area contributed by atoms with Crippen LogP contribution in [0.15, 0.2) is 23.1 Å². The fraction of sp³-hybridized carbons (Fsp3) is 0.500. The topological polar surface area (TPSA) is 52.6 Å². The minimum atomic E-state index is -3.37. The Bertz CT molecular complexity index is 498. The van der Waals surface area contributed by atoms with Crippen molar-refractivity contribution in [3.05, 3.63) is 18.2 Å². The average Bonchev–Trinajstić information content (AvgIpc) is 2.26. The lowest BCUT2D eigenvalue weighted by Gasteiger charge is -2.20. The van der Waals surface area contributed by atoms with E-state index in [2.05, 4.69) is 0 Å². The average molecular weight is 258 g/mol. The van der Waals surface area contributed by atoms with E-state index in [1.54, 1.807) is 26.8 Å². The Balaban J connectivity index is 3.36. The molecule has 0 bridgehead atoms. The first kappa shape index (κ1) is 13.8. The van der Waals surface area contributed by atoms with E-state index in [1.165, 1.54) is 26.4 Å². The van der Waals surface area contributed by atoms with Gasteiger partial charge in [-0.05, 0) is 32.9 Å². The SMILES string of the molecule is COc1ccc(S(=O)(=O)C(C)(C)C)cc1OC. The molecule has 0 atom stereocenters. The molecule has 1 aromatic carbocycles. The molecular formula is C12H18O4S. The van der Waals surface area contributed by atoms with Crippen LogP contribution in [0.3, 0.4) is 0 Å². The molecule has 0 saturated heterocycles. The van der Waals surface area contributed by atoms with Crippen LogP contribution in [0.1, 0.15) is 20.8 Å². The molecule has 0 unspecified atom stereocenters. The second-order valence-electron chi connectivity index (χ2n) is 4.63. The zero-order valence-corrected chi connectivity index (χ0v) is 11.6. The van der Waals surface area contributed by atoms with E-state index in [4.69, 9.17) is 9.47 Å². The summed E-state index contributed by atoms with van der Waals surface area (Å²) < 4.78 is 33.8. The van der Waals surface area contributed by atoms with Crippen LogP contribution in [0.5, 0.6) is 11.5 Å². The molecular weight excluding hydrogens is 240 g/mol. The van der Waals surface area contributed by atoms with Gasteiger partial charge in [0.25, 0.3) is 0 Å². The lowest BCUT2D eigenvalue weighted by Crippen LogP contribution is -2.27. The molecule has 0 heterocycles. The summed E-state index contributed by atoms with van der Waals surface area (Å²) >= 11 is 0. The van der Waals surface area contributed by atoms with Crippen LogP contribution < -0.4 is 9.47 Å². The largest absolute Gasteiger partial charge is 0.493 e. The van der Waals surface area contributed by atoms with E-state index in [0.717, 1.165) is 0 Å². The van der Waals surface area contributed by atoms with Crippen molar-refractivity contribution >= 4 is 9.84 Å². The number of ether oxygens (including phenoxy) is 2. The van der Waals surface area contributed by atoms with E-state index in [-0.39, 0.29) is 4.90 Å². The van der Waals surface area contributed by atoms with Gasteiger partial charge in [-0.25, -0.2) is 8.42 Å². The van der Waals surface area contributed by atoms with Gasteiger partial charge in [0.2, 0.25) is 0 Å². The Labute approximate surface area is 102 Å². The van der Waals surface area contributed by atoms with Crippen LogP contribution in [0.4, 0.5) is 0 Å². The second kappa shape index (κ2) is 4.56. The highest BCUT2D eigenvalue weighted by Crippen LogP contribution is 2.33. The number of hydrogen-bond donors (Lipinski definition) is 0. The molecule has 0 saturated carbocycles. The Hall–Kier alpha value is -1.23. The number of hydrogen-bond acceptors (Lipinski definition) is 4. The minimum absolute atomic E-state index is 0.239. The molecule has 17 heavy (non-hydrogen) atoms. The predicted molar refractivity (Wildman–Crippen MR) is 66.5 cm³/mol. The van der Waals surface area contributed by atoms with Crippen LogP contribution in [-0.2, 0) is 9.84 Å². The zero-order chi connectivity index (χ0) is 13.3. The van der Waals surface area contributed by atoms with Crippen molar-refractivity contribution in [2.75, 3.05) is 14.2 Å². The maximum absolute atomic E-state index is 12.2. The van der Waals surface area contributed by atoms with Gasteiger partial charge < -0.3 is 9.47 Å². The smallest absolute Gasteiger partial charge is 0.183 e. The summed E-state index contributed by atoms with van der Waals surface area (Å²) in [6, 6.07) is 4.61. The van der Waals surface area contributed by atoms with Crippen molar-refractivity contribution in [3.8, 4) is 11.5 Å². The molecule has 1 rings (SSSR count). The maximum atomic E-state index is 12.2. The molecule has 0 aliphatic carbocycles. The van der Waals surface area contributed by atoms with E-state index < -0.39 is 14.6 Å². The first-order valence-electron chi connectivity index (χ1n) is 5.20. The molecule has 0 fully saturated rings. The summed E-state index contributed by atoms with van der Waals surface area (Å²) in [5, 5.41) is 0. The molecule has 1 aromatic rings. The van der Waals surface area contributed by atoms with Gasteiger partial charge in [-0.2, -0.15) is 0 Å². The standard InChI is InChI=1S/C12H18O4S/c1-12(2,3)17(13,14)9-6-7-10(15-4)11(8-9)16-5/h6-8H,1-5H3. The fourth-order valence-corrected chi connectivity index (χ4v) is 2.55. The Morgan fingerprint density at radius 2 is 1.53 bits per heavy atom. The molecule has 0 amide bonds. The summed E-state index contributed by atoms with van der Waals surface area (Å²) in [5.74, 6) is 0.929. The van der Waals surface area contributed by atoms with Crippen LogP contribution >= 0.6 is 0 Å². The van der Waals surface area contributed by atoms with E-state index in [1.807, 2.05) is 0 Å². The number of benzene rings is 1. The van der Waals surface area contributed by atoms with Crippen LogP contribution in [0.25, 0.3) is 0 Å².